The minimum absolute atomic E-state index is 0.323. The molecule has 0 bridgehead atoms. The van der Waals surface area contributed by atoms with Crippen molar-refractivity contribution in [1.82, 2.24) is 9.97 Å². The van der Waals surface area contributed by atoms with Gasteiger partial charge in [0, 0.05) is 16.8 Å². The standard InChI is InChI=1S/C12H10N4S/c13-5-3-9-7-10(1-2-11(9)14)17-12-4-6-15-8-16-12/h1-2,4,6-8H,3,14H2. The van der Waals surface area contributed by atoms with Gasteiger partial charge in [-0.2, -0.15) is 5.26 Å². The van der Waals surface area contributed by atoms with Gasteiger partial charge in [-0.15, -0.1) is 0 Å². The van der Waals surface area contributed by atoms with Gasteiger partial charge in [0.1, 0.15) is 11.4 Å². The predicted octanol–water partition coefficient (Wildman–Crippen LogP) is 2.28. The van der Waals surface area contributed by atoms with E-state index in [1.165, 1.54) is 18.1 Å². The molecule has 0 aliphatic heterocycles. The van der Waals surface area contributed by atoms with E-state index in [0.717, 1.165) is 15.5 Å². The number of aromatic nitrogens is 2. The number of nitrogens with two attached hydrogens (primary N) is 1. The summed E-state index contributed by atoms with van der Waals surface area (Å²) >= 11 is 1.52. The summed E-state index contributed by atoms with van der Waals surface area (Å²) in [4.78, 5) is 9.01. The normalized spacial score (nSPS) is 9.82. The van der Waals surface area contributed by atoms with Gasteiger partial charge in [-0.05, 0) is 29.8 Å². The highest BCUT2D eigenvalue weighted by molar-refractivity contribution is 7.99. The molecule has 1 aromatic carbocycles. The number of nitrogens with zero attached hydrogens (tertiary/aromatic N) is 3. The van der Waals surface area contributed by atoms with Crippen LogP contribution in [0.15, 0.2) is 46.7 Å². The van der Waals surface area contributed by atoms with Crippen LogP contribution in [0.25, 0.3) is 0 Å². The molecule has 84 valence electrons. The SMILES string of the molecule is N#CCc1cc(Sc2ccncn2)ccc1N. The quantitative estimate of drug-likeness (QED) is 0.660. The molecule has 1 heterocycles. The Morgan fingerprint density at radius 2 is 2.24 bits per heavy atom. The van der Waals surface area contributed by atoms with Crippen molar-refractivity contribution in [3.8, 4) is 6.07 Å². The van der Waals surface area contributed by atoms with Crippen LogP contribution in [-0.4, -0.2) is 9.97 Å². The van der Waals surface area contributed by atoms with Gasteiger partial charge in [-0.25, -0.2) is 9.97 Å². The van der Waals surface area contributed by atoms with E-state index in [1.807, 2.05) is 24.3 Å². The van der Waals surface area contributed by atoms with Crippen LogP contribution in [0.1, 0.15) is 5.56 Å². The minimum Gasteiger partial charge on any atom is -0.398 e. The average Bonchev–Trinajstić information content (AvgIpc) is 2.35. The summed E-state index contributed by atoms with van der Waals surface area (Å²) in [6, 6.07) is 9.60. The maximum absolute atomic E-state index is 8.69. The van der Waals surface area contributed by atoms with Crippen molar-refractivity contribution in [1.29, 1.82) is 5.26 Å². The molecule has 5 heteroatoms. The molecule has 2 rings (SSSR count). The van der Waals surface area contributed by atoms with Crippen molar-refractivity contribution in [2.75, 3.05) is 5.73 Å². The monoisotopic (exact) mass is 242 g/mol. The molecule has 0 fully saturated rings. The number of benzene rings is 1. The molecule has 2 N–H and O–H groups in total. The summed E-state index contributed by atoms with van der Waals surface area (Å²) in [6.07, 6.45) is 3.53. The van der Waals surface area contributed by atoms with Crippen LogP contribution in [0, 0.1) is 11.3 Å². The molecule has 17 heavy (non-hydrogen) atoms. The van der Waals surface area contributed by atoms with Gasteiger partial charge >= 0.3 is 0 Å². The van der Waals surface area contributed by atoms with Gasteiger partial charge in [0.15, 0.2) is 0 Å². The van der Waals surface area contributed by atoms with Crippen LogP contribution < -0.4 is 5.73 Å². The Hall–Kier alpha value is -2.06. The highest BCUT2D eigenvalue weighted by atomic mass is 32.2. The van der Waals surface area contributed by atoms with E-state index in [4.69, 9.17) is 11.0 Å². The van der Waals surface area contributed by atoms with Crippen LogP contribution >= 0.6 is 11.8 Å². The van der Waals surface area contributed by atoms with Crippen molar-refractivity contribution in [3.05, 3.63) is 42.4 Å². The Labute approximate surface area is 104 Å². The number of hydrogen-bond donors (Lipinski definition) is 1. The van der Waals surface area contributed by atoms with Gasteiger partial charge in [0.25, 0.3) is 0 Å². The zero-order valence-corrected chi connectivity index (χ0v) is 9.81. The predicted molar refractivity (Wildman–Crippen MR) is 66.3 cm³/mol. The zero-order chi connectivity index (χ0) is 12.1. The molecule has 0 unspecified atom stereocenters. The Balaban J connectivity index is 2.23. The van der Waals surface area contributed by atoms with Gasteiger partial charge in [0.2, 0.25) is 0 Å². The lowest BCUT2D eigenvalue weighted by molar-refractivity contribution is 1.05. The van der Waals surface area contributed by atoms with E-state index in [-0.39, 0.29) is 0 Å². The van der Waals surface area contributed by atoms with Crippen LogP contribution in [0.2, 0.25) is 0 Å². The molecule has 0 radical (unpaired) electrons. The Kier molecular flexibility index (Phi) is 3.58. The van der Waals surface area contributed by atoms with Crippen molar-refractivity contribution < 1.29 is 0 Å². The van der Waals surface area contributed by atoms with Crippen LogP contribution in [-0.2, 0) is 6.42 Å². The molecule has 4 nitrogen and oxygen atoms in total. The first-order valence-electron chi connectivity index (χ1n) is 4.99. The largest absolute Gasteiger partial charge is 0.398 e. The van der Waals surface area contributed by atoms with Crippen molar-refractivity contribution in [2.24, 2.45) is 0 Å². The second-order valence-electron chi connectivity index (χ2n) is 3.35. The highest BCUT2D eigenvalue weighted by Gasteiger charge is 2.03. The highest BCUT2D eigenvalue weighted by Crippen LogP contribution is 2.28. The fraction of sp³-hybridized carbons (Fsp3) is 0.0833. The fourth-order valence-electron chi connectivity index (χ4n) is 1.34. The first-order chi connectivity index (χ1) is 8.29. The first-order valence-corrected chi connectivity index (χ1v) is 5.80. The Morgan fingerprint density at radius 1 is 1.35 bits per heavy atom. The maximum atomic E-state index is 8.69. The molecule has 0 amide bonds. The molecule has 2 aromatic rings. The number of nitrogen functional groups attached to an aromatic ring is 1. The van der Waals surface area contributed by atoms with Crippen LogP contribution in [0.4, 0.5) is 5.69 Å². The molecule has 0 spiro atoms. The lowest BCUT2D eigenvalue weighted by Gasteiger charge is -2.05. The van der Waals surface area contributed by atoms with E-state index in [0.29, 0.717) is 12.1 Å². The lowest BCUT2D eigenvalue weighted by Crippen LogP contribution is -1.93. The van der Waals surface area contributed by atoms with Gasteiger partial charge in [0.05, 0.1) is 12.5 Å². The maximum Gasteiger partial charge on any atom is 0.116 e. The number of nitriles is 1. The number of hydrogen-bond acceptors (Lipinski definition) is 5. The van der Waals surface area contributed by atoms with E-state index in [9.17, 15) is 0 Å². The van der Waals surface area contributed by atoms with E-state index in [2.05, 4.69) is 16.0 Å². The second-order valence-corrected chi connectivity index (χ2v) is 4.44. The molecular weight excluding hydrogens is 232 g/mol. The second kappa shape index (κ2) is 5.32. The molecule has 0 saturated carbocycles. The topological polar surface area (TPSA) is 75.6 Å². The minimum atomic E-state index is 0.323. The Bertz CT molecular complexity index is 548. The smallest absolute Gasteiger partial charge is 0.116 e. The van der Waals surface area contributed by atoms with Gasteiger partial charge in [-0.3, -0.25) is 0 Å². The van der Waals surface area contributed by atoms with Crippen molar-refractivity contribution >= 4 is 17.4 Å². The molecule has 0 aliphatic rings. The van der Waals surface area contributed by atoms with Crippen molar-refractivity contribution in [3.63, 3.8) is 0 Å². The molecule has 0 saturated heterocycles. The molecule has 0 atom stereocenters. The summed E-state index contributed by atoms with van der Waals surface area (Å²) in [6.45, 7) is 0. The van der Waals surface area contributed by atoms with Gasteiger partial charge < -0.3 is 5.73 Å². The summed E-state index contributed by atoms with van der Waals surface area (Å²) in [7, 11) is 0. The molecule has 1 aromatic heterocycles. The molecular formula is C12H10N4S. The van der Waals surface area contributed by atoms with E-state index < -0.39 is 0 Å². The van der Waals surface area contributed by atoms with Gasteiger partial charge in [-0.1, -0.05) is 11.8 Å². The number of anilines is 1. The van der Waals surface area contributed by atoms with Crippen LogP contribution in [0.3, 0.4) is 0 Å². The third-order valence-electron chi connectivity index (χ3n) is 2.16. The Morgan fingerprint density at radius 3 is 2.94 bits per heavy atom. The van der Waals surface area contributed by atoms with Crippen LogP contribution in [0.5, 0.6) is 0 Å². The zero-order valence-electron chi connectivity index (χ0n) is 9.00. The third-order valence-corrected chi connectivity index (χ3v) is 3.10. The summed E-state index contributed by atoms with van der Waals surface area (Å²) in [5.74, 6) is 0. The van der Waals surface area contributed by atoms with E-state index in [1.54, 1.807) is 6.20 Å². The molecule has 0 aliphatic carbocycles. The van der Waals surface area contributed by atoms with Crippen molar-refractivity contribution in [2.45, 2.75) is 16.3 Å². The summed E-state index contributed by atoms with van der Waals surface area (Å²) in [5.41, 5.74) is 7.29. The lowest BCUT2D eigenvalue weighted by atomic mass is 10.1. The van der Waals surface area contributed by atoms with E-state index >= 15 is 0 Å². The summed E-state index contributed by atoms with van der Waals surface area (Å²) in [5, 5.41) is 9.56. The number of rotatable bonds is 3. The first kappa shape index (κ1) is 11.4. The fourth-order valence-corrected chi connectivity index (χ4v) is 2.15. The third kappa shape index (κ3) is 2.95. The summed E-state index contributed by atoms with van der Waals surface area (Å²) < 4.78 is 0. The average molecular weight is 242 g/mol.